The van der Waals surface area contributed by atoms with E-state index in [4.69, 9.17) is 10.00 Å². The Morgan fingerprint density at radius 3 is 2.83 bits per heavy atom. The molecular formula is C14H19FN2O. The first-order valence-corrected chi connectivity index (χ1v) is 6.29. The molecule has 0 aromatic heterocycles. The second kappa shape index (κ2) is 8.48. The van der Waals surface area contributed by atoms with Crippen LogP contribution in [0.2, 0.25) is 0 Å². The van der Waals surface area contributed by atoms with Gasteiger partial charge < -0.3 is 10.1 Å². The van der Waals surface area contributed by atoms with Crippen molar-refractivity contribution in [3.8, 4) is 6.07 Å². The van der Waals surface area contributed by atoms with Crippen LogP contribution in [-0.4, -0.2) is 19.8 Å². The topological polar surface area (TPSA) is 45.0 Å². The summed E-state index contributed by atoms with van der Waals surface area (Å²) in [7, 11) is 0. The lowest BCUT2D eigenvalue weighted by atomic mass is 10.2. The van der Waals surface area contributed by atoms with Crippen LogP contribution in [-0.2, 0) is 4.74 Å². The van der Waals surface area contributed by atoms with Crippen LogP contribution in [0.5, 0.6) is 0 Å². The van der Waals surface area contributed by atoms with E-state index in [1.807, 2.05) is 6.07 Å². The van der Waals surface area contributed by atoms with Crippen LogP contribution in [0, 0.1) is 17.1 Å². The summed E-state index contributed by atoms with van der Waals surface area (Å²) in [6.07, 6.45) is 3.05. The molecule has 0 spiro atoms. The summed E-state index contributed by atoms with van der Waals surface area (Å²) < 4.78 is 18.7. The molecule has 1 aromatic carbocycles. The molecule has 0 aliphatic carbocycles. The maximum absolute atomic E-state index is 13.3. The zero-order valence-electron chi connectivity index (χ0n) is 10.7. The van der Waals surface area contributed by atoms with Gasteiger partial charge in [-0.2, -0.15) is 5.26 Å². The number of unbranched alkanes of at least 4 members (excludes halogenated alkanes) is 1. The minimum atomic E-state index is -0.485. The monoisotopic (exact) mass is 250 g/mol. The van der Waals surface area contributed by atoms with Gasteiger partial charge in [-0.25, -0.2) is 4.39 Å². The van der Waals surface area contributed by atoms with Gasteiger partial charge in [0, 0.05) is 19.8 Å². The maximum Gasteiger partial charge on any atom is 0.143 e. The summed E-state index contributed by atoms with van der Waals surface area (Å²) in [5.41, 5.74) is 0.621. The van der Waals surface area contributed by atoms with Gasteiger partial charge in [-0.15, -0.1) is 0 Å². The van der Waals surface area contributed by atoms with Crippen LogP contribution < -0.4 is 5.32 Å². The summed E-state index contributed by atoms with van der Waals surface area (Å²) in [6.45, 7) is 4.27. The van der Waals surface area contributed by atoms with Crippen molar-refractivity contribution in [3.05, 3.63) is 29.6 Å². The average molecular weight is 250 g/mol. The van der Waals surface area contributed by atoms with Crippen LogP contribution >= 0.6 is 0 Å². The number of hydrogen-bond donors (Lipinski definition) is 1. The summed E-state index contributed by atoms with van der Waals surface area (Å²) in [5.74, 6) is -0.485. The molecule has 18 heavy (non-hydrogen) atoms. The molecule has 1 aromatic rings. The summed E-state index contributed by atoms with van der Waals surface area (Å²) >= 11 is 0. The quantitative estimate of drug-likeness (QED) is 0.720. The van der Waals surface area contributed by atoms with Crippen molar-refractivity contribution < 1.29 is 9.13 Å². The Balaban J connectivity index is 2.28. The van der Waals surface area contributed by atoms with Gasteiger partial charge in [0.05, 0.1) is 5.69 Å². The number of ether oxygens (including phenoxy) is 1. The van der Waals surface area contributed by atoms with Gasteiger partial charge in [0.25, 0.3) is 0 Å². The lowest BCUT2D eigenvalue weighted by molar-refractivity contribution is 0.131. The van der Waals surface area contributed by atoms with Gasteiger partial charge in [0.1, 0.15) is 17.4 Å². The van der Waals surface area contributed by atoms with Gasteiger partial charge in [-0.1, -0.05) is 19.4 Å². The van der Waals surface area contributed by atoms with Crippen molar-refractivity contribution in [1.29, 1.82) is 5.26 Å². The summed E-state index contributed by atoms with van der Waals surface area (Å²) in [6, 6.07) is 6.45. The fourth-order valence-electron chi connectivity index (χ4n) is 1.53. The third-order valence-corrected chi connectivity index (χ3v) is 2.55. The van der Waals surface area contributed by atoms with E-state index < -0.39 is 5.82 Å². The van der Waals surface area contributed by atoms with E-state index in [-0.39, 0.29) is 5.56 Å². The lowest BCUT2D eigenvalue weighted by Crippen LogP contribution is -2.07. The Kier molecular flexibility index (Phi) is 6.82. The van der Waals surface area contributed by atoms with Crippen LogP contribution in [0.25, 0.3) is 0 Å². The number of benzene rings is 1. The molecule has 1 rings (SSSR count). The molecule has 0 heterocycles. The van der Waals surface area contributed by atoms with Gasteiger partial charge >= 0.3 is 0 Å². The first-order chi connectivity index (χ1) is 8.79. The number of nitrogens with zero attached hydrogens (tertiary/aromatic N) is 1. The molecule has 3 nitrogen and oxygen atoms in total. The van der Waals surface area contributed by atoms with Crippen molar-refractivity contribution in [2.24, 2.45) is 0 Å². The predicted molar refractivity (Wildman–Crippen MR) is 69.9 cm³/mol. The molecule has 4 heteroatoms. The SMILES string of the molecule is CCCCOCCCNc1cccc(F)c1C#N. The van der Waals surface area contributed by atoms with Gasteiger partial charge in [0.15, 0.2) is 0 Å². The molecule has 0 unspecified atom stereocenters. The standard InChI is InChI=1S/C14H19FN2O/c1-2-3-9-18-10-5-8-17-14-7-4-6-13(15)12(14)11-16/h4,6-7,17H,2-3,5,8-10H2,1H3. The van der Waals surface area contributed by atoms with Gasteiger partial charge in [0.2, 0.25) is 0 Å². The minimum absolute atomic E-state index is 0.0735. The molecule has 0 amide bonds. The Hall–Kier alpha value is -1.60. The molecule has 0 aliphatic heterocycles. The van der Waals surface area contributed by atoms with Crippen molar-refractivity contribution in [2.75, 3.05) is 25.1 Å². The molecule has 0 radical (unpaired) electrons. The average Bonchev–Trinajstić information content (AvgIpc) is 2.38. The van der Waals surface area contributed by atoms with E-state index in [1.165, 1.54) is 6.07 Å². The largest absolute Gasteiger partial charge is 0.384 e. The molecule has 0 bridgehead atoms. The Labute approximate surface area is 108 Å². The zero-order chi connectivity index (χ0) is 13.2. The molecule has 0 saturated carbocycles. The number of rotatable bonds is 8. The second-order valence-corrected chi connectivity index (χ2v) is 4.02. The van der Waals surface area contributed by atoms with Crippen molar-refractivity contribution >= 4 is 5.69 Å². The highest BCUT2D eigenvalue weighted by atomic mass is 19.1. The smallest absolute Gasteiger partial charge is 0.143 e. The van der Waals surface area contributed by atoms with Gasteiger partial charge in [-0.3, -0.25) is 0 Å². The van der Waals surface area contributed by atoms with Crippen LogP contribution in [0.4, 0.5) is 10.1 Å². The number of nitrogens with one attached hydrogen (secondary N) is 1. The van der Waals surface area contributed by atoms with E-state index in [0.717, 1.165) is 25.9 Å². The first-order valence-electron chi connectivity index (χ1n) is 6.29. The second-order valence-electron chi connectivity index (χ2n) is 4.02. The zero-order valence-corrected chi connectivity index (χ0v) is 10.7. The fraction of sp³-hybridized carbons (Fsp3) is 0.500. The van der Waals surface area contributed by atoms with Crippen molar-refractivity contribution in [2.45, 2.75) is 26.2 Å². The fourth-order valence-corrected chi connectivity index (χ4v) is 1.53. The molecule has 0 atom stereocenters. The Morgan fingerprint density at radius 2 is 2.11 bits per heavy atom. The maximum atomic E-state index is 13.3. The molecular weight excluding hydrogens is 231 g/mol. The third kappa shape index (κ3) is 4.72. The van der Waals surface area contributed by atoms with Crippen molar-refractivity contribution in [1.82, 2.24) is 0 Å². The number of anilines is 1. The van der Waals surface area contributed by atoms with Crippen LogP contribution in [0.15, 0.2) is 18.2 Å². The Bertz CT molecular complexity index is 401. The number of nitriles is 1. The van der Waals surface area contributed by atoms with Gasteiger partial charge in [-0.05, 0) is 25.0 Å². The van der Waals surface area contributed by atoms with E-state index in [0.29, 0.717) is 18.8 Å². The molecule has 0 aliphatic rings. The summed E-state index contributed by atoms with van der Waals surface area (Å²) in [4.78, 5) is 0. The van der Waals surface area contributed by atoms with Crippen LogP contribution in [0.1, 0.15) is 31.7 Å². The molecule has 0 saturated heterocycles. The lowest BCUT2D eigenvalue weighted by Gasteiger charge is -2.08. The third-order valence-electron chi connectivity index (χ3n) is 2.55. The minimum Gasteiger partial charge on any atom is -0.384 e. The van der Waals surface area contributed by atoms with Crippen LogP contribution in [0.3, 0.4) is 0 Å². The highest BCUT2D eigenvalue weighted by molar-refractivity contribution is 5.57. The molecule has 0 fully saturated rings. The highest BCUT2D eigenvalue weighted by Crippen LogP contribution is 2.17. The number of halogens is 1. The van der Waals surface area contributed by atoms with Crippen molar-refractivity contribution in [3.63, 3.8) is 0 Å². The molecule has 98 valence electrons. The van der Waals surface area contributed by atoms with E-state index >= 15 is 0 Å². The van der Waals surface area contributed by atoms with E-state index in [2.05, 4.69) is 12.2 Å². The highest BCUT2D eigenvalue weighted by Gasteiger charge is 2.06. The number of hydrogen-bond acceptors (Lipinski definition) is 3. The Morgan fingerprint density at radius 1 is 1.33 bits per heavy atom. The van der Waals surface area contributed by atoms with E-state index in [1.54, 1.807) is 12.1 Å². The molecule has 1 N–H and O–H groups in total. The van der Waals surface area contributed by atoms with E-state index in [9.17, 15) is 4.39 Å². The normalized spacial score (nSPS) is 10.1. The summed E-state index contributed by atoms with van der Waals surface area (Å²) in [5, 5.41) is 11.9. The first kappa shape index (κ1) is 14.5. The predicted octanol–water partition coefficient (Wildman–Crippen LogP) is 3.32.